The van der Waals surface area contributed by atoms with Crippen LogP contribution in [0.2, 0.25) is 0 Å². The zero-order valence-electron chi connectivity index (χ0n) is 14.9. The number of hydrogen-bond donors (Lipinski definition) is 1. The molecule has 1 N–H and O–H groups in total. The molecule has 2 aliphatic rings. The van der Waals surface area contributed by atoms with Crippen LogP contribution in [0.4, 0.5) is 0 Å². The molecule has 3 heterocycles. The summed E-state index contributed by atoms with van der Waals surface area (Å²) in [5, 5.41) is 2.92. The first-order valence-corrected chi connectivity index (χ1v) is 8.58. The van der Waals surface area contributed by atoms with Crippen LogP contribution in [0.15, 0.2) is 29.3 Å². The van der Waals surface area contributed by atoms with Crippen LogP contribution in [0.25, 0.3) is 11.8 Å². The molecule has 0 aromatic carbocycles. The van der Waals surface area contributed by atoms with Crippen LogP contribution >= 0.6 is 0 Å². The molecule has 3 rings (SSSR count). The minimum absolute atomic E-state index is 0.173. The highest BCUT2D eigenvalue weighted by atomic mass is 16.5. The van der Waals surface area contributed by atoms with Crippen molar-refractivity contribution in [3.05, 3.63) is 46.2 Å². The molecule has 6 nitrogen and oxygen atoms in total. The Morgan fingerprint density at radius 3 is 2.72 bits per heavy atom. The van der Waals surface area contributed by atoms with Crippen LogP contribution in [0, 0.1) is 11.8 Å². The summed E-state index contributed by atoms with van der Waals surface area (Å²) in [5.41, 5.74) is 0.664. The Morgan fingerprint density at radius 2 is 2.04 bits per heavy atom. The van der Waals surface area contributed by atoms with Crippen LogP contribution in [0.5, 0.6) is 5.88 Å². The molecule has 1 aromatic rings. The molecule has 2 aliphatic heterocycles. The number of rotatable bonds is 3. The molecule has 0 radical (unpaired) electrons. The second-order valence-electron chi connectivity index (χ2n) is 7.09. The largest absolute Gasteiger partial charge is 0.446 e. The fraction of sp³-hybridized carbons (Fsp3) is 0.421. The van der Waals surface area contributed by atoms with Crippen LogP contribution in [-0.4, -0.2) is 15.5 Å². The number of carbonyl (C=O) groups is 1. The van der Waals surface area contributed by atoms with Gasteiger partial charge in [-0.05, 0) is 30.4 Å². The molecule has 1 atom stereocenters. The maximum atomic E-state index is 13.1. The lowest BCUT2D eigenvalue weighted by Crippen LogP contribution is -2.45. The topological polar surface area (TPSA) is 73.2 Å². The van der Waals surface area contributed by atoms with Gasteiger partial charge in [0.25, 0.3) is 5.56 Å². The van der Waals surface area contributed by atoms with Crippen LogP contribution in [-0.2, 0) is 4.79 Å². The third-order valence-electron chi connectivity index (χ3n) is 4.06. The van der Waals surface area contributed by atoms with E-state index in [-0.39, 0.29) is 29.2 Å². The van der Waals surface area contributed by atoms with Gasteiger partial charge in [-0.1, -0.05) is 39.8 Å². The van der Waals surface area contributed by atoms with Crippen molar-refractivity contribution in [3.8, 4) is 5.88 Å². The molecule has 25 heavy (non-hydrogen) atoms. The highest BCUT2D eigenvalue weighted by Crippen LogP contribution is 2.29. The Labute approximate surface area is 146 Å². The SMILES string of the molecule is CC(C)/C=C1\NC(=O)[C@@H](CC(C)C)n2c1nc1c(c2=O)C=CC=CO1. The maximum Gasteiger partial charge on any atom is 0.265 e. The summed E-state index contributed by atoms with van der Waals surface area (Å²) in [4.78, 5) is 30.4. The second kappa shape index (κ2) is 6.70. The summed E-state index contributed by atoms with van der Waals surface area (Å²) in [6.45, 7) is 8.07. The molecular formula is C19H23N3O3. The summed E-state index contributed by atoms with van der Waals surface area (Å²) in [7, 11) is 0. The van der Waals surface area contributed by atoms with Crippen molar-refractivity contribution in [1.82, 2.24) is 14.9 Å². The predicted molar refractivity (Wildman–Crippen MR) is 96.7 cm³/mol. The lowest BCUT2D eigenvalue weighted by atomic mass is 9.99. The summed E-state index contributed by atoms with van der Waals surface area (Å²) in [5.74, 6) is 0.996. The zero-order chi connectivity index (χ0) is 18.1. The molecule has 132 valence electrons. The molecule has 0 aliphatic carbocycles. The van der Waals surface area contributed by atoms with E-state index in [9.17, 15) is 9.59 Å². The molecule has 0 bridgehead atoms. The normalized spacial score (nSPS) is 20.3. The summed E-state index contributed by atoms with van der Waals surface area (Å²) in [6.07, 6.45) is 9.06. The number of allylic oxidation sites excluding steroid dienone is 3. The summed E-state index contributed by atoms with van der Waals surface area (Å²) < 4.78 is 7.00. The number of carbonyl (C=O) groups excluding carboxylic acids is 1. The van der Waals surface area contributed by atoms with Crippen LogP contribution in [0.3, 0.4) is 0 Å². The maximum absolute atomic E-state index is 13.1. The van der Waals surface area contributed by atoms with E-state index in [4.69, 9.17) is 4.74 Å². The van der Waals surface area contributed by atoms with E-state index >= 15 is 0 Å². The molecule has 0 saturated heterocycles. The van der Waals surface area contributed by atoms with Gasteiger partial charge in [0, 0.05) is 0 Å². The van der Waals surface area contributed by atoms with E-state index in [0.29, 0.717) is 23.5 Å². The molecule has 0 spiro atoms. The molecule has 0 saturated carbocycles. The van der Waals surface area contributed by atoms with E-state index in [0.717, 1.165) is 0 Å². The minimum Gasteiger partial charge on any atom is -0.446 e. The van der Waals surface area contributed by atoms with Gasteiger partial charge in [0.1, 0.15) is 11.6 Å². The van der Waals surface area contributed by atoms with Gasteiger partial charge in [0.2, 0.25) is 11.8 Å². The minimum atomic E-state index is -0.575. The molecule has 0 unspecified atom stereocenters. The van der Waals surface area contributed by atoms with Crippen molar-refractivity contribution in [2.45, 2.75) is 40.2 Å². The third-order valence-corrected chi connectivity index (χ3v) is 4.06. The number of fused-ring (bicyclic) bond motifs is 2. The van der Waals surface area contributed by atoms with Crippen molar-refractivity contribution in [2.24, 2.45) is 11.8 Å². The van der Waals surface area contributed by atoms with Crippen molar-refractivity contribution < 1.29 is 9.53 Å². The molecule has 0 fully saturated rings. The molecule has 1 aromatic heterocycles. The number of hydrogen-bond acceptors (Lipinski definition) is 4. The molecule has 1 amide bonds. The number of ether oxygens (including phenoxy) is 1. The van der Waals surface area contributed by atoms with Gasteiger partial charge >= 0.3 is 0 Å². The van der Waals surface area contributed by atoms with E-state index < -0.39 is 6.04 Å². The monoisotopic (exact) mass is 341 g/mol. The lowest BCUT2D eigenvalue weighted by molar-refractivity contribution is -0.124. The van der Waals surface area contributed by atoms with Gasteiger partial charge < -0.3 is 10.1 Å². The Kier molecular flexibility index (Phi) is 4.61. The molecular weight excluding hydrogens is 318 g/mol. The first-order valence-electron chi connectivity index (χ1n) is 8.58. The summed E-state index contributed by atoms with van der Waals surface area (Å²) in [6, 6.07) is -0.575. The van der Waals surface area contributed by atoms with Gasteiger partial charge in [-0.3, -0.25) is 14.2 Å². The van der Waals surface area contributed by atoms with Gasteiger partial charge in [-0.2, -0.15) is 4.98 Å². The standard InChI is InChI=1S/C19H23N3O3/c1-11(2)9-14-16-21-18-13(7-5-6-8-25-18)19(24)22(16)15(10-12(3)4)17(23)20-14/h5-9,11-12,15H,10H2,1-4H3,(H,20,23)/b14-9-/t15-/m1/s1. The van der Waals surface area contributed by atoms with Crippen molar-refractivity contribution in [1.29, 1.82) is 0 Å². The predicted octanol–water partition coefficient (Wildman–Crippen LogP) is 2.88. The van der Waals surface area contributed by atoms with Crippen LogP contribution < -0.4 is 15.6 Å². The van der Waals surface area contributed by atoms with Gasteiger partial charge in [0.05, 0.1) is 12.0 Å². The first kappa shape index (κ1) is 17.2. The van der Waals surface area contributed by atoms with Gasteiger partial charge in [0.15, 0.2) is 5.82 Å². The van der Waals surface area contributed by atoms with E-state index in [1.807, 2.05) is 33.8 Å². The van der Waals surface area contributed by atoms with Crippen molar-refractivity contribution in [2.75, 3.05) is 0 Å². The van der Waals surface area contributed by atoms with E-state index in [1.54, 1.807) is 18.2 Å². The average molecular weight is 341 g/mol. The van der Waals surface area contributed by atoms with Gasteiger partial charge in [-0.15, -0.1) is 0 Å². The highest BCUT2D eigenvalue weighted by Gasteiger charge is 2.34. The first-order chi connectivity index (χ1) is 11.9. The average Bonchev–Trinajstić information content (AvgIpc) is 2.76. The fourth-order valence-electron chi connectivity index (χ4n) is 3.04. The highest BCUT2D eigenvalue weighted by molar-refractivity contribution is 5.91. The van der Waals surface area contributed by atoms with E-state index in [1.165, 1.54) is 10.8 Å². The Morgan fingerprint density at radius 1 is 1.28 bits per heavy atom. The number of amides is 1. The van der Waals surface area contributed by atoms with E-state index in [2.05, 4.69) is 10.3 Å². The smallest absolute Gasteiger partial charge is 0.265 e. The Hall–Kier alpha value is -2.63. The fourth-order valence-corrected chi connectivity index (χ4v) is 3.04. The van der Waals surface area contributed by atoms with Crippen LogP contribution in [0.1, 0.15) is 51.5 Å². The summed E-state index contributed by atoms with van der Waals surface area (Å²) >= 11 is 0. The van der Waals surface area contributed by atoms with Crippen molar-refractivity contribution >= 4 is 17.7 Å². The quantitative estimate of drug-likeness (QED) is 0.917. The third kappa shape index (κ3) is 3.29. The number of aromatic nitrogens is 2. The Bertz CT molecular complexity index is 844. The number of nitrogens with zero attached hydrogens (tertiary/aromatic N) is 2. The lowest BCUT2D eigenvalue weighted by Gasteiger charge is -2.30. The Balaban J connectivity index is 2.27. The second-order valence-corrected chi connectivity index (χ2v) is 7.09. The number of nitrogens with one attached hydrogen (secondary N) is 1. The van der Waals surface area contributed by atoms with Crippen molar-refractivity contribution in [3.63, 3.8) is 0 Å². The molecule has 6 heteroatoms. The van der Waals surface area contributed by atoms with Gasteiger partial charge in [-0.25, -0.2) is 0 Å². The zero-order valence-corrected chi connectivity index (χ0v) is 14.9.